The summed E-state index contributed by atoms with van der Waals surface area (Å²) < 4.78 is 0. The second-order valence-electron chi connectivity index (χ2n) is 6.95. The molecule has 0 fully saturated rings. The highest BCUT2D eigenvalue weighted by molar-refractivity contribution is 5.97. The molecule has 0 aliphatic carbocycles. The van der Waals surface area contributed by atoms with Gasteiger partial charge in [0.1, 0.15) is 5.69 Å². The molecular weight excluding hydrogens is 346 g/mol. The predicted octanol–water partition coefficient (Wildman–Crippen LogP) is 4.26. The number of para-hydroxylation sites is 1. The van der Waals surface area contributed by atoms with Crippen LogP contribution in [0.15, 0.2) is 91.0 Å². The number of fused-ring (bicyclic) bond motifs is 1. The average Bonchev–Trinajstić information content (AvgIpc) is 3.18. The quantitative estimate of drug-likeness (QED) is 0.427. The Morgan fingerprint density at radius 3 is 1.96 bits per heavy atom. The number of carbonyl (C=O) groups is 1. The van der Waals surface area contributed by atoms with Gasteiger partial charge in [-0.2, -0.15) is 0 Å². The van der Waals surface area contributed by atoms with E-state index < -0.39 is 0 Å². The fourth-order valence-electron chi connectivity index (χ4n) is 3.40. The number of H-pyrrole nitrogens is 1. The summed E-state index contributed by atoms with van der Waals surface area (Å²) in [6.45, 7) is 0. The predicted molar refractivity (Wildman–Crippen MR) is 113 cm³/mol. The third-order valence-electron chi connectivity index (χ3n) is 4.81. The summed E-state index contributed by atoms with van der Waals surface area (Å²) in [5, 5.41) is 1.03. The Balaban J connectivity index is 1.45. The number of hydrogen-bond donors (Lipinski definition) is 3. The van der Waals surface area contributed by atoms with Gasteiger partial charge < -0.3 is 4.98 Å². The molecule has 0 bridgehead atoms. The summed E-state index contributed by atoms with van der Waals surface area (Å²) in [6.07, 6.45) is 1.64. The molecule has 0 aliphatic heterocycles. The van der Waals surface area contributed by atoms with Crippen LogP contribution in [0.25, 0.3) is 10.9 Å². The highest BCUT2D eigenvalue weighted by Gasteiger charge is 2.14. The lowest BCUT2D eigenvalue weighted by atomic mass is 9.99. The van der Waals surface area contributed by atoms with Gasteiger partial charge in [-0.05, 0) is 36.1 Å². The SMILES string of the molecule is O=C(NNC(Cc1ccccc1)Cc1ccccc1)c1cc2ccccc2[nH]1. The Bertz CT molecular complexity index is 967. The zero-order valence-corrected chi connectivity index (χ0v) is 15.6. The molecule has 0 aliphatic rings. The minimum Gasteiger partial charge on any atom is -0.350 e. The second-order valence-corrected chi connectivity index (χ2v) is 6.95. The van der Waals surface area contributed by atoms with E-state index in [9.17, 15) is 4.79 Å². The standard InChI is InChI=1S/C24H23N3O/c28-24(23-17-20-13-7-8-14-22(20)25-23)27-26-21(15-18-9-3-1-4-10-18)16-19-11-5-2-6-12-19/h1-14,17,21,25-26H,15-16H2,(H,27,28). The summed E-state index contributed by atoms with van der Waals surface area (Å²) >= 11 is 0. The Labute approximate surface area is 164 Å². The van der Waals surface area contributed by atoms with Gasteiger partial charge in [0.05, 0.1) is 0 Å². The zero-order valence-electron chi connectivity index (χ0n) is 15.6. The van der Waals surface area contributed by atoms with Crippen molar-refractivity contribution in [2.24, 2.45) is 0 Å². The van der Waals surface area contributed by atoms with Crippen LogP contribution in [0.3, 0.4) is 0 Å². The Kier molecular flexibility index (Phi) is 5.50. The first-order valence-corrected chi connectivity index (χ1v) is 9.49. The van der Waals surface area contributed by atoms with Gasteiger partial charge in [0, 0.05) is 16.9 Å². The first-order chi connectivity index (χ1) is 13.8. The van der Waals surface area contributed by atoms with Gasteiger partial charge in [-0.25, -0.2) is 5.43 Å². The van der Waals surface area contributed by atoms with Crippen molar-refractivity contribution < 1.29 is 4.79 Å². The normalized spacial score (nSPS) is 11.0. The number of amides is 1. The minimum atomic E-state index is -0.165. The van der Waals surface area contributed by atoms with Gasteiger partial charge in [0.2, 0.25) is 0 Å². The topological polar surface area (TPSA) is 56.9 Å². The number of rotatable bonds is 7. The lowest BCUT2D eigenvalue weighted by Crippen LogP contribution is -2.46. The molecule has 4 heteroatoms. The number of carbonyl (C=O) groups excluding carboxylic acids is 1. The maximum Gasteiger partial charge on any atom is 0.281 e. The van der Waals surface area contributed by atoms with Crippen LogP contribution in [0, 0.1) is 0 Å². The molecule has 3 N–H and O–H groups in total. The first kappa shape index (κ1) is 18.0. The van der Waals surface area contributed by atoms with E-state index in [2.05, 4.69) is 40.1 Å². The van der Waals surface area contributed by atoms with Crippen LogP contribution >= 0.6 is 0 Å². The molecule has 3 aromatic carbocycles. The van der Waals surface area contributed by atoms with Crippen LogP contribution < -0.4 is 10.9 Å². The smallest absolute Gasteiger partial charge is 0.281 e. The molecule has 0 unspecified atom stereocenters. The number of nitrogens with one attached hydrogen (secondary N) is 3. The number of benzene rings is 3. The van der Waals surface area contributed by atoms with E-state index in [1.165, 1.54) is 11.1 Å². The van der Waals surface area contributed by atoms with Crippen molar-refractivity contribution >= 4 is 16.8 Å². The van der Waals surface area contributed by atoms with Crippen LogP contribution in [-0.4, -0.2) is 16.9 Å². The summed E-state index contributed by atoms with van der Waals surface area (Å²) in [5.41, 5.74) is 10.1. The molecule has 0 atom stereocenters. The van der Waals surface area contributed by atoms with E-state index in [1.54, 1.807) is 0 Å². The Morgan fingerprint density at radius 2 is 1.36 bits per heavy atom. The fraction of sp³-hybridized carbons (Fsp3) is 0.125. The molecular formula is C24H23N3O. The first-order valence-electron chi connectivity index (χ1n) is 9.49. The lowest BCUT2D eigenvalue weighted by Gasteiger charge is -2.19. The van der Waals surface area contributed by atoms with Crippen molar-refractivity contribution in [3.8, 4) is 0 Å². The van der Waals surface area contributed by atoms with Crippen molar-refractivity contribution in [1.29, 1.82) is 0 Å². The summed E-state index contributed by atoms with van der Waals surface area (Å²) in [4.78, 5) is 15.8. The number of hydrogen-bond acceptors (Lipinski definition) is 2. The molecule has 0 spiro atoms. The fourth-order valence-corrected chi connectivity index (χ4v) is 3.40. The van der Waals surface area contributed by atoms with Gasteiger partial charge in [0.15, 0.2) is 0 Å². The Hall–Kier alpha value is -3.37. The van der Waals surface area contributed by atoms with Gasteiger partial charge in [-0.15, -0.1) is 0 Å². The van der Waals surface area contributed by atoms with Crippen molar-refractivity contribution in [3.63, 3.8) is 0 Å². The van der Waals surface area contributed by atoms with Crippen molar-refractivity contribution in [1.82, 2.24) is 15.8 Å². The summed E-state index contributed by atoms with van der Waals surface area (Å²) in [7, 11) is 0. The van der Waals surface area contributed by atoms with Crippen molar-refractivity contribution in [2.45, 2.75) is 18.9 Å². The van der Waals surface area contributed by atoms with Crippen LogP contribution in [0.1, 0.15) is 21.6 Å². The monoisotopic (exact) mass is 369 g/mol. The molecule has 140 valence electrons. The third-order valence-corrected chi connectivity index (χ3v) is 4.81. The molecule has 0 saturated carbocycles. The zero-order chi connectivity index (χ0) is 19.2. The van der Waals surface area contributed by atoms with E-state index in [1.807, 2.05) is 66.7 Å². The van der Waals surface area contributed by atoms with Gasteiger partial charge >= 0.3 is 0 Å². The molecule has 1 aromatic heterocycles. The van der Waals surface area contributed by atoms with Crippen LogP contribution in [-0.2, 0) is 12.8 Å². The van der Waals surface area contributed by atoms with E-state index in [-0.39, 0.29) is 11.9 Å². The Morgan fingerprint density at radius 1 is 0.786 bits per heavy atom. The number of aromatic nitrogens is 1. The van der Waals surface area contributed by atoms with Crippen molar-refractivity contribution in [3.05, 3.63) is 108 Å². The highest BCUT2D eigenvalue weighted by atomic mass is 16.2. The van der Waals surface area contributed by atoms with Gasteiger partial charge in [0.25, 0.3) is 5.91 Å². The lowest BCUT2D eigenvalue weighted by molar-refractivity contribution is 0.0920. The second kappa shape index (κ2) is 8.55. The number of aromatic amines is 1. The molecule has 4 nitrogen and oxygen atoms in total. The highest BCUT2D eigenvalue weighted by Crippen LogP contribution is 2.14. The van der Waals surface area contributed by atoms with Crippen LogP contribution in [0.5, 0.6) is 0 Å². The van der Waals surface area contributed by atoms with Gasteiger partial charge in [-0.1, -0.05) is 78.9 Å². The van der Waals surface area contributed by atoms with E-state index in [0.717, 1.165) is 23.7 Å². The van der Waals surface area contributed by atoms with Crippen LogP contribution in [0.2, 0.25) is 0 Å². The third kappa shape index (κ3) is 4.48. The van der Waals surface area contributed by atoms with E-state index in [4.69, 9.17) is 0 Å². The molecule has 0 saturated heterocycles. The summed E-state index contributed by atoms with van der Waals surface area (Å²) in [5.74, 6) is -0.165. The largest absolute Gasteiger partial charge is 0.350 e. The molecule has 1 amide bonds. The molecule has 4 aromatic rings. The van der Waals surface area contributed by atoms with E-state index >= 15 is 0 Å². The molecule has 0 radical (unpaired) electrons. The van der Waals surface area contributed by atoms with Crippen LogP contribution in [0.4, 0.5) is 0 Å². The minimum absolute atomic E-state index is 0.0816. The number of hydrazine groups is 1. The average molecular weight is 369 g/mol. The van der Waals surface area contributed by atoms with Crippen molar-refractivity contribution in [2.75, 3.05) is 0 Å². The summed E-state index contributed by atoms with van der Waals surface area (Å²) in [6, 6.07) is 30.5. The molecule has 28 heavy (non-hydrogen) atoms. The maximum absolute atomic E-state index is 12.6. The van der Waals surface area contributed by atoms with E-state index in [0.29, 0.717) is 5.69 Å². The molecule has 1 heterocycles. The molecule has 4 rings (SSSR count). The van der Waals surface area contributed by atoms with Gasteiger partial charge in [-0.3, -0.25) is 10.2 Å². The maximum atomic E-state index is 12.6.